The number of H-pyrrole nitrogens is 1. The van der Waals surface area contributed by atoms with Crippen LogP contribution in [0.15, 0.2) is 24.3 Å². The molecule has 1 saturated heterocycles. The predicted molar refractivity (Wildman–Crippen MR) is 124 cm³/mol. The fourth-order valence-corrected chi connectivity index (χ4v) is 4.55. The van der Waals surface area contributed by atoms with Gasteiger partial charge < -0.3 is 20.9 Å². The average Bonchev–Trinajstić information content (AvgIpc) is 3.53. The number of para-hydroxylation sites is 1. The van der Waals surface area contributed by atoms with Gasteiger partial charge in [0, 0.05) is 17.8 Å². The highest BCUT2D eigenvalue weighted by Gasteiger charge is 2.30. The number of carbonyl (C=O) groups excluding carboxylic acids is 3. The first-order chi connectivity index (χ1) is 15.9. The Hall–Kier alpha value is -3.05. The van der Waals surface area contributed by atoms with E-state index in [0.29, 0.717) is 41.5 Å². The van der Waals surface area contributed by atoms with Crippen LogP contribution in [-0.2, 0) is 9.59 Å². The average molecular weight is 470 g/mol. The molecule has 0 spiro atoms. The van der Waals surface area contributed by atoms with Gasteiger partial charge in [-0.1, -0.05) is 36.6 Å². The van der Waals surface area contributed by atoms with E-state index in [1.54, 1.807) is 18.2 Å². The third-order valence-electron chi connectivity index (χ3n) is 6.42. The number of aromatic amines is 1. The molecule has 174 valence electrons. The number of carbonyl (C=O) groups is 3. The number of nitriles is 1. The number of piperidine rings is 1. The van der Waals surface area contributed by atoms with E-state index in [0.717, 1.165) is 31.1 Å². The monoisotopic (exact) mass is 469 g/mol. The van der Waals surface area contributed by atoms with Crippen molar-refractivity contribution >= 4 is 40.2 Å². The minimum atomic E-state index is -0.793. The van der Waals surface area contributed by atoms with E-state index in [4.69, 9.17) is 11.6 Å². The van der Waals surface area contributed by atoms with E-state index in [-0.39, 0.29) is 18.2 Å². The van der Waals surface area contributed by atoms with Crippen LogP contribution in [0, 0.1) is 23.2 Å². The van der Waals surface area contributed by atoms with Gasteiger partial charge in [0.15, 0.2) is 0 Å². The summed E-state index contributed by atoms with van der Waals surface area (Å²) in [5, 5.41) is 19.3. The van der Waals surface area contributed by atoms with Gasteiger partial charge in [-0.3, -0.25) is 14.4 Å². The molecule has 4 rings (SSSR count). The first kappa shape index (κ1) is 23.1. The van der Waals surface area contributed by atoms with Crippen molar-refractivity contribution in [1.29, 1.82) is 5.26 Å². The molecule has 33 heavy (non-hydrogen) atoms. The van der Waals surface area contributed by atoms with E-state index in [1.807, 2.05) is 6.07 Å². The smallest absolute Gasteiger partial charge is 0.268 e. The Morgan fingerprint density at radius 2 is 2.06 bits per heavy atom. The highest BCUT2D eigenvalue weighted by Crippen LogP contribution is 2.34. The van der Waals surface area contributed by atoms with Gasteiger partial charge in [-0.15, -0.1) is 0 Å². The molecule has 4 N–H and O–H groups in total. The Labute approximate surface area is 197 Å². The maximum absolute atomic E-state index is 13.1. The Morgan fingerprint density at radius 1 is 1.24 bits per heavy atom. The van der Waals surface area contributed by atoms with Crippen LogP contribution in [0.3, 0.4) is 0 Å². The summed E-state index contributed by atoms with van der Waals surface area (Å²) in [6.45, 7) is 0.646. The first-order valence-corrected chi connectivity index (χ1v) is 11.9. The van der Waals surface area contributed by atoms with E-state index >= 15 is 0 Å². The summed E-state index contributed by atoms with van der Waals surface area (Å²) >= 11 is 6.20. The van der Waals surface area contributed by atoms with Gasteiger partial charge in [-0.2, -0.15) is 5.26 Å². The lowest BCUT2D eigenvalue weighted by Crippen LogP contribution is -2.50. The van der Waals surface area contributed by atoms with Crippen molar-refractivity contribution in [2.45, 2.75) is 57.0 Å². The third kappa shape index (κ3) is 5.85. The molecular formula is C24H28ClN5O3. The highest BCUT2D eigenvalue weighted by molar-refractivity contribution is 6.35. The zero-order chi connectivity index (χ0) is 23.4. The van der Waals surface area contributed by atoms with Crippen molar-refractivity contribution in [3.05, 3.63) is 35.0 Å². The summed E-state index contributed by atoms with van der Waals surface area (Å²) in [6.07, 6.45) is 5.42. The van der Waals surface area contributed by atoms with E-state index in [9.17, 15) is 19.6 Å². The molecule has 2 fully saturated rings. The molecule has 3 amide bonds. The molecule has 1 saturated carbocycles. The molecular weight excluding hydrogens is 442 g/mol. The quantitative estimate of drug-likeness (QED) is 0.450. The zero-order valence-electron chi connectivity index (χ0n) is 18.3. The topological polar surface area (TPSA) is 127 Å². The van der Waals surface area contributed by atoms with E-state index < -0.39 is 23.9 Å². The summed E-state index contributed by atoms with van der Waals surface area (Å²) in [5.41, 5.74) is 0.983. The molecule has 1 aromatic heterocycles. The number of nitrogens with one attached hydrogen (secondary N) is 4. The lowest BCUT2D eigenvalue weighted by Gasteiger charge is -2.25. The van der Waals surface area contributed by atoms with Crippen LogP contribution in [0.2, 0.25) is 5.02 Å². The molecule has 1 aromatic carbocycles. The van der Waals surface area contributed by atoms with Crippen LogP contribution in [0.1, 0.15) is 55.4 Å². The van der Waals surface area contributed by atoms with Crippen LogP contribution in [-0.4, -0.2) is 41.3 Å². The number of nitrogens with zero attached hydrogens (tertiary/aromatic N) is 1. The summed E-state index contributed by atoms with van der Waals surface area (Å²) in [5.74, 6) is -0.591. The van der Waals surface area contributed by atoms with Crippen molar-refractivity contribution in [3.8, 4) is 6.07 Å². The second kappa shape index (κ2) is 10.3. The van der Waals surface area contributed by atoms with Crippen molar-refractivity contribution in [1.82, 2.24) is 20.9 Å². The standard InChI is InChI=1S/C24H28ClN5O3/c25-18-5-1-3-15-12-20(29-21(15)18)24(33)30-19(9-8-14-6-7-14)23(32)28-17(13-26)11-16-4-2-10-27-22(16)31/h1,3,5,12,14,16-17,19,29H,2,4,6-11H2,(H,27,31)(H,28,32)(H,30,33)/t16-,17-,19+/m0/s1. The van der Waals surface area contributed by atoms with Crippen molar-refractivity contribution in [2.24, 2.45) is 11.8 Å². The Morgan fingerprint density at radius 3 is 2.76 bits per heavy atom. The lowest BCUT2D eigenvalue weighted by molar-refractivity contribution is -0.128. The molecule has 2 heterocycles. The van der Waals surface area contributed by atoms with Crippen LogP contribution in [0.5, 0.6) is 0 Å². The van der Waals surface area contributed by atoms with Gasteiger partial charge >= 0.3 is 0 Å². The SMILES string of the molecule is N#C[C@H](C[C@@H]1CCCNC1=O)NC(=O)[C@@H](CCC1CC1)NC(=O)c1cc2cccc(Cl)c2[nH]1. The summed E-state index contributed by atoms with van der Waals surface area (Å²) in [6, 6.07) is 7.63. The Bertz CT molecular complexity index is 1090. The molecule has 0 radical (unpaired) electrons. The second-order valence-corrected chi connectivity index (χ2v) is 9.40. The maximum atomic E-state index is 13.1. The van der Waals surface area contributed by atoms with E-state index in [2.05, 4.69) is 27.0 Å². The molecule has 1 aliphatic carbocycles. The molecule has 9 heteroatoms. The number of benzene rings is 1. The van der Waals surface area contributed by atoms with Gasteiger partial charge in [0.1, 0.15) is 17.8 Å². The fraction of sp³-hybridized carbons (Fsp3) is 0.500. The maximum Gasteiger partial charge on any atom is 0.268 e. The third-order valence-corrected chi connectivity index (χ3v) is 6.74. The number of aromatic nitrogens is 1. The van der Waals surface area contributed by atoms with Crippen molar-refractivity contribution < 1.29 is 14.4 Å². The van der Waals surface area contributed by atoms with Crippen LogP contribution >= 0.6 is 11.6 Å². The summed E-state index contributed by atoms with van der Waals surface area (Å²) in [7, 11) is 0. The van der Waals surface area contributed by atoms with Gasteiger partial charge in [-0.25, -0.2) is 0 Å². The van der Waals surface area contributed by atoms with Crippen LogP contribution in [0.4, 0.5) is 0 Å². The second-order valence-electron chi connectivity index (χ2n) is 8.99. The van der Waals surface area contributed by atoms with Crippen LogP contribution in [0.25, 0.3) is 10.9 Å². The largest absolute Gasteiger partial charge is 0.356 e. The van der Waals surface area contributed by atoms with Crippen molar-refractivity contribution in [3.63, 3.8) is 0 Å². The van der Waals surface area contributed by atoms with E-state index in [1.165, 1.54) is 0 Å². The Balaban J connectivity index is 1.42. The molecule has 0 bridgehead atoms. The van der Waals surface area contributed by atoms with Gasteiger partial charge in [0.2, 0.25) is 11.8 Å². The first-order valence-electron chi connectivity index (χ1n) is 11.5. The molecule has 2 aliphatic rings. The van der Waals surface area contributed by atoms with Gasteiger partial charge in [0.25, 0.3) is 5.91 Å². The van der Waals surface area contributed by atoms with Gasteiger partial charge in [-0.05, 0) is 50.2 Å². The van der Waals surface area contributed by atoms with Gasteiger partial charge in [0.05, 0.1) is 16.6 Å². The zero-order valence-corrected chi connectivity index (χ0v) is 19.1. The predicted octanol–water partition coefficient (Wildman–Crippen LogP) is 3.03. The minimum absolute atomic E-state index is 0.0770. The highest BCUT2D eigenvalue weighted by atomic mass is 35.5. The molecule has 0 unspecified atom stereocenters. The number of halogens is 1. The molecule has 1 aliphatic heterocycles. The molecule has 8 nitrogen and oxygen atoms in total. The fourth-order valence-electron chi connectivity index (χ4n) is 4.32. The van der Waals surface area contributed by atoms with Crippen LogP contribution < -0.4 is 16.0 Å². The minimum Gasteiger partial charge on any atom is -0.356 e. The number of rotatable bonds is 9. The summed E-state index contributed by atoms with van der Waals surface area (Å²) in [4.78, 5) is 41.1. The number of hydrogen-bond acceptors (Lipinski definition) is 4. The normalized spacial score (nSPS) is 19.9. The Kier molecular flexibility index (Phi) is 7.19. The lowest BCUT2D eigenvalue weighted by atomic mass is 9.92. The number of amides is 3. The number of hydrogen-bond donors (Lipinski definition) is 4. The van der Waals surface area contributed by atoms with Crippen molar-refractivity contribution in [2.75, 3.05) is 6.54 Å². The molecule has 2 aromatic rings. The molecule has 3 atom stereocenters. The summed E-state index contributed by atoms with van der Waals surface area (Å²) < 4.78 is 0. The number of fused-ring (bicyclic) bond motifs is 1.